The molecule has 0 radical (unpaired) electrons. The number of alkyl halides is 4. The Morgan fingerprint density at radius 3 is 2.55 bits per heavy atom. The molecule has 0 spiro atoms. The van der Waals surface area contributed by atoms with Gasteiger partial charge in [0.2, 0.25) is 3.79 Å². The topological polar surface area (TPSA) is 62.4 Å². The third-order valence-electron chi connectivity index (χ3n) is 2.38. The minimum absolute atomic E-state index is 0.0555. The number of benzene rings is 1. The van der Waals surface area contributed by atoms with Gasteiger partial charge in [0.05, 0.1) is 12.8 Å². The highest BCUT2D eigenvalue weighted by Crippen LogP contribution is 2.29. The van der Waals surface area contributed by atoms with Crippen molar-refractivity contribution in [3.63, 3.8) is 0 Å². The number of carbonyl (C=O) groups is 1. The van der Waals surface area contributed by atoms with E-state index in [0.717, 1.165) is 0 Å². The summed E-state index contributed by atoms with van der Waals surface area (Å²) in [5.41, 5.74) is 0.572. The first-order chi connectivity index (χ1) is 10.3. The van der Waals surface area contributed by atoms with Gasteiger partial charge in [-0.05, 0) is 24.4 Å². The molecule has 1 atom stereocenters. The van der Waals surface area contributed by atoms with Gasteiger partial charge in [0.15, 0.2) is 11.8 Å². The summed E-state index contributed by atoms with van der Waals surface area (Å²) >= 11 is 22.3. The molecular formula is C12H13Cl3FN3O2S. The van der Waals surface area contributed by atoms with Crippen LogP contribution in [0.4, 0.5) is 10.1 Å². The lowest BCUT2D eigenvalue weighted by Gasteiger charge is -2.27. The number of hydrogen-bond acceptors (Lipinski definition) is 3. The monoisotopic (exact) mass is 387 g/mol. The average molecular weight is 389 g/mol. The number of rotatable bonds is 5. The summed E-state index contributed by atoms with van der Waals surface area (Å²) in [6.45, 7) is -1.24. The third-order valence-corrected chi connectivity index (χ3v) is 3.26. The molecule has 0 saturated carbocycles. The lowest BCUT2D eigenvalue weighted by molar-refractivity contribution is -0.122. The van der Waals surface area contributed by atoms with Gasteiger partial charge >= 0.3 is 0 Å². The second-order valence-corrected chi connectivity index (χ2v) is 6.75. The van der Waals surface area contributed by atoms with Gasteiger partial charge in [-0.1, -0.05) is 46.9 Å². The van der Waals surface area contributed by atoms with Gasteiger partial charge in [-0.25, -0.2) is 4.39 Å². The minimum Gasteiger partial charge on any atom is -0.495 e. The van der Waals surface area contributed by atoms with Gasteiger partial charge in [0.1, 0.15) is 11.9 Å². The molecule has 0 aromatic heterocycles. The van der Waals surface area contributed by atoms with E-state index in [1.807, 2.05) is 0 Å². The van der Waals surface area contributed by atoms with E-state index in [1.165, 1.54) is 7.11 Å². The molecule has 0 aliphatic heterocycles. The van der Waals surface area contributed by atoms with Crippen LogP contribution in [-0.4, -0.2) is 34.8 Å². The zero-order valence-electron chi connectivity index (χ0n) is 11.3. The number of methoxy groups -OCH3 is 1. The van der Waals surface area contributed by atoms with Gasteiger partial charge < -0.3 is 20.7 Å². The van der Waals surface area contributed by atoms with Crippen LogP contribution < -0.4 is 20.7 Å². The summed E-state index contributed by atoms with van der Waals surface area (Å²) in [5, 5.41) is 7.65. The summed E-state index contributed by atoms with van der Waals surface area (Å²) in [5.74, 6) is -0.395. The predicted molar refractivity (Wildman–Crippen MR) is 90.5 cm³/mol. The van der Waals surface area contributed by atoms with E-state index in [-0.39, 0.29) is 5.11 Å². The SMILES string of the molecule is COc1ccccc1NC(=S)N[C@H](NC(=O)CF)C(Cl)(Cl)Cl. The first-order valence-corrected chi connectivity index (χ1v) is 7.44. The molecule has 122 valence electrons. The number of para-hydroxylation sites is 2. The van der Waals surface area contributed by atoms with Crippen LogP contribution in [0.15, 0.2) is 24.3 Å². The number of carbonyl (C=O) groups excluding carboxylic acids is 1. The lowest BCUT2D eigenvalue weighted by Crippen LogP contribution is -2.56. The van der Waals surface area contributed by atoms with Crippen LogP contribution >= 0.6 is 47.0 Å². The maximum absolute atomic E-state index is 12.3. The molecule has 1 rings (SSSR count). The van der Waals surface area contributed by atoms with E-state index in [1.54, 1.807) is 24.3 Å². The maximum Gasteiger partial charge on any atom is 0.253 e. The predicted octanol–water partition coefficient (Wildman–Crippen LogP) is 2.76. The number of ether oxygens (including phenoxy) is 1. The number of thiocarbonyl (C=S) groups is 1. The molecule has 0 fully saturated rings. The van der Waals surface area contributed by atoms with Crippen molar-refractivity contribution in [2.75, 3.05) is 19.1 Å². The Labute approximate surface area is 147 Å². The molecule has 0 heterocycles. The molecule has 10 heteroatoms. The highest BCUT2D eigenvalue weighted by Gasteiger charge is 2.34. The molecule has 1 aromatic rings. The number of nitrogens with one attached hydrogen (secondary N) is 3. The van der Waals surface area contributed by atoms with Gasteiger partial charge in [-0.15, -0.1) is 0 Å². The van der Waals surface area contributed by atoms with Crippen LogP contribution in [0.5, 0.6) is 5.75 Å². The normalized spacial score (nSPS) is 12.2. The molecule has 0 aliphatic rings. The first kappa shape index (κ1) is 19.0. The number of anilines is 1. The van der Waals surface area contributed by atoms with Crippen molar-refractivity contribution in [2.45, 2.75) is 9.96 Å². The third kappa shape index (κ3) is 6.00. The summed E-state index contributed by atoms with van der Waals surface area (Å²) in [4.78, 5) is 11.1. The lowest BCUT2D eigenvalue weighted by atomic mass is 10.3. The van der Waals surface area contributed by atoms with Crippen molar-refractivity contribution in [1.82, 2.24) is 10.6 Å². The molecule has 22 heavy (non-hydrogen) atoms. The summed E-state index contributed by atoms with van der Waals surface area (Å²) in [6.07, 6.45) is -1.21. The van der Waals surface area contributed by atoms with Crippen molar-refractivity contribution in [3.8, 4) is 5.75 Å². The molecule has 5 nitrogen and oxygen atoms in total. The van der Waals surface area contributed by atoms with Crippen LogP contribution in [0.3, 0.4) is 0 Å². The quantitative estimate of drug-likeness (QED) is 0.411. The molecule has 0 aliphatic carbocycles. The van der Waals surface area contributed by atoms with Crippen molar-refractivity contribution >= 4 is 63.7 Å². The smallest absolute Gasteiger partial charge is 0.253 e. The van der Waals surface area contributed by atoms with Gasteiger partial charge in [0.25, 0.3) is 5.91 Å². The van der Waals surface area contributed by atoms with Crippen molar-refractivity contribution in [1.29, 1.82) is 0 Å². The van der Waals surface area contributed by atoms with E-state index in [4.69, 9.17) is 51.8 Å². The second-order valence-electron chi connectivity index (χ2n) is 3.97. The number of amides is 1. The molecular weight excluding hydrogens is 376 g/mol. The Morgan fingerprint density at radius 1 is 1.36 bits per heavy atom. The molecule has 3 N–H and O–H groups in total. The Kier molecular flexibility index (Phi) is 7.41. The zero-order valence-corrected chi connectivity index (χ0v) is 14.4. The van der Waals surface area contributed by atoms with Crippen LogP contribution in [0.1, 0.15) is 0 Å². The highest BCUT2D eigenvalue weighted by atomic mass is 35.6. The van der Waals surface area contributed by atoms with Crippen molar-refractivity contribution < 1.29 is 13.9 Å². The molecule has 1 aromatic carbocycles. The summed E-state index contributed by atoms with van der Waals surface area (Å²) in [6, 6.07) is 7.00. The Balaban J connectivity index is 2.77. The fraction of sp³-hybridized carbons (Fsp3) is 0.333. The first-order valence-electron chi connectivity index (χ1n) is 5.90. The molecule has 0 unspecified atom stereocenters. The standard InChI is InChI=1S/C12H13Cl3FN3O2S/c1-21-8-5-3-2-4-7(8)17-11(22)19-10(12(13,14)15)18-9(20)6-16/h2-5,10H,6H2,1H3,(H,18,20)(H2,17,19,22)/t10-/m0/s1. The Morgan fingerprint density at radius 2 is 2.00 bits per heavy atom. The molecule has 0 saturated heterocycles. The van der Waals surface area contributed by atoms with Crippen LogP contribution in [0.25, 0.3) is 0 Å². The van der Waals surface area contributed by atoms with Crippen LogP contribution in [-0.2, 0) is 4.79 Å². The largest absolute Gasteiger partial charge is 0.495 e. The minimum atomic E-state index is -1.93. The van der Waals surface area contributed by atoms with Gasteiger partial charge in [0, 0.05) is 0 Å². The van der Waals surface area contributed by atoms with E-state index in [0.29, 0.717) is 11.4 Å². The number of halogens is 4. The fourth-order valence-electron chi connectivity index (χ4n) is 1.44. The zero-order chi connectivity index (χ0) is 16.8. The van der Waals surface area contributed by atoms with Gasteiger partial charge in [-0.2, -0.15) is 0 Å². The molecule has 1 amide bonds. The fourth-order valence-corrected chi connectivity index (χ4v) is 1.99. The van der Waals surface area contributed by atoms with E-state index in [9.17, 15) is 9.18 Å². The Bertz CT molecular complexity index is 543. The average Bonchev–Trinajstić information content (AvgIpc) is 2.45. The van der Waals surface area contributed by atoms with Crippen molar-refractivity contribution in [3.05, 3.63) is 24.3 Å². The van der Waals surface area contributed by atoms with Crippen LogP contribution in [0.2, 0.25) is 0 Å². The van der Waals surface area contributed by atoms with E-state index >= 15 is 0 Å². The molecule has 0 bridgehead atoms. The second kappa shape index (κ2) is 8.57. The van der Waals surface area contributed by atoms with Gasteiger partial charge in [-0.3, -0.25) is 4.79 Å². The van der Waals surface area contributed by atoms with E-state index in [2.05, 4.69) is 16.0 Å². The van der Waals surface area contributed by atoms with Crippen LogP contribution in [0, 0.1) is 0 Å². The van der Waals surface area contributed by atoms with Crippen molar-refractivity contribution in [2.24, 2.45) is 0 Å². The number of hydrogen-bond donors (Lipinski definition) is 3. The summed E-state index contributed by atoms with van der Waals surface area (Å²) in [7, 11) is 1.50. The summed E-state index contributed by atoms with van der Waals surface area (Å²) < 4.78 is 15.5. The maximum atomic E-state index is 12.3. The van der Waals surface area contributed by atoms with E-state index < -0.39 is 22.5 Å². The highest BCUT2D eigenvalue weighted by molar-refractivity contribution is 7.80. The Hall–Kier alpha value is -1.02.